The van der Waals surface area contributed by atoms with E-state index in [-0.39, 0.29) is 0 Å². The van der Waals surface area contributed by atoms with Gasteiger partial charge in [0, 0.05) is 0 Å². The van der Waals surface area contributed by atoms with Crippen molar-refractivity contribution in [1.29, 1.82) is 0 Å². The van der Waals surface area contributed by atoms with Gasteiger partial charge in [0.25, 0.3) is 0 Å². The fourth-order valence-electron chi connectivity index (χ4n) is 1.06. The zero-order valence-electron chi connectivity index (χ0n) is 6.88. The molecule has 0 bridgehead atoms. The third kappa shape index (κ3) is 2.05. The van der Waals surface area contributed by atoms with Crippen LogP contribution in [-0.4, -0.2) is 11.3 Å². The molecule has 12 heavy (non-hydrogen) atoms. The van der Waals surface area contributed by atoms with Crippen LogP contribution in [0.1, 0.15) is 29.4 Å². The molecular weight excluding hydrogens is 174 g/mol. The van der Waals surface area contributed by atoms with Gasteiger partial charge < -0.3 is 0 Å². The van der Waals surface area contributed by atoms with Crippen molar-refractivity contribution >= 4 is 17.9 Å². The molecule has 0 unspecified atom stereocenters. The molecule has 1 aromatic heterocycles. The first-order valence-corrected chi connectivity index (χ1v) is 4.26. The van der Waals surface area contributed by atoms with Gasteiger partial charge in [0.2, 0.25) is 0 Å². The number of carbonyl (C=O) groups excluding carboxylic acids is 1. The summed E-state index contributed by atoms with van der Waals surface area (Å²) < 4.78 is 0. The maximum atomic E-state index is 10.5. The van der Waals surface area contributed by atoms with Crippen molar-refractivity contribution in [2.45, 2.75) is 19.8 Å². The highest BCUT2D eigenvalue weighted by molar-refractivity contribution is 6.29. The normalized spacial score (nSPS) is 9.83. The average Bonchev–Trinajstić information content (AvgIpc) is 2.08. The van der Waals surface area contributed by atoms with Crippen LogP contribution in [-0.2, 0) is 6.42 Å². The van der Waals surface area contributed by atoms with Crippen LogP contribution >= 0.6 is 11.6 Å². The highest BCUT2D eigenvalue weighted by atomic mass is 35.5. The number of nitrogens with zero attached hydrogens (tertiary/aromatic N) is 1. The maximum absolute atomic E-state index is 10.5. The molecule has 1 rings (SSSR count). The lowest BCUT2D eigenvalue weighted by Crippen LogP contribution is -1.95. The number of hydrogen-bond acceptors (Lipinski definition) is 2. The van der Waals surface area contributed by atoms with Gasteiger partial charge >= 0.3 is 0 Å². The second-order valence-corrected chi connectivity index (χ2v) is 2.93. The molecule has 0 aliphatic heterocycles. The molecular formula is C9H10ClNO. The monoisotopic (exact) mass is 183 g/mol. The van der Waals surface area contributed by atoms with Gasteiger partial charge in [-0.1, -0.05) is 31.0 Å². The highest BCUT2D eigenvalue weighted by Gasteiger charge is 2.02. The zero-order valence-corrected chi connectivity index (χ0v) is 7.64. The smallest absolute Gasteiger partial charge is 0.168 e. The average molecular weight is 184 g/mol. The van der Waals surface area contributed by atoms with E-state index < -0.39 is 0 Å². The summed E-state index contributed by atoms with van der Waals surface area (Å²) in [4.78, 5) is 14.4. The molecule has 0 saturated carbocycles. The van der Waals surface area contributed by atoms with Crippen molar-refractivity contribution in [1.82, 2.24) is 4.98 Å². The van der Waals surface area contributed by atoms with E-state index in [0.717, 1.165) is 24.7 Å². The molecule has 0 spiro atoms. The van der Waals surface area contributed by atoms with Crippen LogP contribution in [0, 0.1) is 0 Å². The van der Waals surface area contributed by atoms with Crippen molar-refractivity contribution in [3.8, 4) is 0 Å². The second kappa shape index (κ2) is 4.21. The Kier molecular flexibility index (Phi) is 3.23. The fraction of sp³-hybridized carbons (Fsp3) is 0.333. The van der Waals surface area contributed by atoms with Crippen LogP contribution in [0.15, 0.2) is 12.1 Å². The van der Waals surface area contributed by atoms with Gasteiger partial charge in [-0.2, -0.15) is 0 Å². The Morgan fingerprint density at radius 1 is 1.58 bits per heavy atom. The van der Waals surface area contributed by atoms with Gasteiger partial charge in [0.05, 0.1) is 0 Å². The minimum Gasteiger partial charge on any atom is -0.296 e. The molecule has 0 aliphatic rings. The van der Waals surface area contributed by atoms with E-state index >= 15 is 0 Å². The molecule has 3 heteroatoms. The number of aromatic nitrogens is 1. The van der Waals surface area contributed by atoms with Crippen LogP contribution in [0.25, 0.3) is 0 Å². The van der Waals surface area contributed by atoms with Gasteiger partial charge in [0.15, 0.2) is 6.29 Å². The molecule has 0 N–H and O–H groups in total. The lowest BCUT2D eigenvalue weighted by Gasteiger charge is -2.01. The maximum Gasteiger partial charge on any atom is 0.168 e. The molecule has 0 amide bonds. The lowest BCUT2D eigenvalue weighted by molar-refractivity contribution is 0.111. The first-order chi connectivity index (χ1) is 5.77. The molecule has 64 valence electrons. The molecule has 0 aromatic carbocycles. The molecule has 2 nitrogen and oxygen atoms in total. The first kappa shape index (κ1) is 9.20. The topological polar surface area (TPSA) is 30.0 Å². The van der Waals surface area contributed by atoms with Crippen LogP contribution in [0.2, 0.25) is 5.15 Å². The van der Waals surface area contributed by atoms with Gasteiger partial charge in [-0.15, -0.1) is 0 Å². The number of aryl methyl sites for hydroxylation is 1. The molecule has 1 heterocycles. The summed E-state index contributed by atoms with van der Waals surface area (Å²) in [5, 5.41) is 0.372. The number of aldehydes is 1. The molecule has 0 aliphatic carbocycles. The molecule has 0 saturated heterocycles. The Labute approximate surface area is 76.6 Å². The fourth-order valence-corrected chi connectivity index (χ4v) is 1.22. The number of pyridine rings is 1. The Hall–Kier alpha value is -0.890. The Bertz CT molecular complexity index is 286. The Morgan fingerprint density at radius 3 is 2.92 bits per heavy atom. The summed E-state index contributed by atoms with van der Waals surface area (Å²) in [6, 6.07) is 3.56. The summed E-state index contributed by atoms with van der Waals surface area (Å²) in [7, 11) is 0. The van der Waals surface area contributed by atoms with Crippen LogP contribution in [0.3, 0.4) is 0 Å². The van der Waals surface area contributed by atoms with E-state index in [1.165, 1.54) is 0 Å². The third-order valence-corrected chi connectivity index (χ3v) is 1.82. The zero-order chi connectivity index (χ0) is 8.97. The summed E-state index contributed by atoms with van der Waals surface area (Å²) in [6.07, 6.45) is 2.62. The van der Waals surface area contributed by atoms with Crippen LogP contribution < -0.4 is 0 Å². The van der Waals surface area contributed by atoms with Gasteiger partial charge in [-0.05, 0) is 18.1 Å². The minimum absolute atomic E-state index is 0.372. The Balaban J connectivity index is 3.02. The van der Waals surface area contributed by atoms with Crippen molar-refractivity contribution < 1.29 is 4.79 Å². The van der Waals surface area contributed by atoms with E-state index in [9.17, 15) is 4.79 Å². The third-order valence-electron chi connectivity index (χ3n) is 1.61. The van der Waals surface area contributed by atoms with Crippen molar-refractivity contribution in [2.75, 3.05) is 0 Å². The van der Waals surface area contributed by atoms with Crippen LogP contribution in [0.4, 0.5) is 0 Å². The first-order valence-electron chi connectivity index (χ1n) is 3.88. The standard InChI is InChI=1S/C9H10ClNO/c1-2-3-7-4-5-9(10)11-8(7)6-12/h4-6H,2-3H2,1H3. The second-order valence-electron chi connectivity index (χ2n) is 2.55. The molecule has 0 atom stereocenters. The van der Waals surface area contributed by atoms with E-state index in [2.05, 4.69) is 11.9 Å². The SMILES string of the molecule is CCCc1ccc(Cl)nc1C=O. The summed E-state index contributed by atoms with van der Waals surface area (Å²) >= 11 is 5.63. The van der Waals surface area contributed by atoms with Crippen LogP contribution in [0.5, 0.6) is 0 Å². The van der Waals surface area contributed by atoms with Crippen molar-refractivity contribution in [3.05, 3.63) is 28.5 Å². The predicted octanol–water partition coefficient (Wildman–Crippen LogP) is 2.50. The summed E-state index contributed by atoms with van der Waals surface area (Å²) in [5.74, 6) is 0. The van der Waals surface area contributed by atoms with Gasteiger partial charge in [0.1, 0.15) is 10.8 Å². The van der Waals surface area contributed by atoms with Crippen molar-refractivity contribution in [2.24, 2.45) is 0 Å². The number of rotatable bonds is 3. The largest absolute Gasteiger partial charge is 0.296 e. The molecule has 0 radical (unpaired) electrons. The predicted molar refractivity (Wildman–Crippen MR) is 48.6 cm³/mol. The minimum atomic E-state index is 0.372. The summed E-state index contributed by atoms with van der Waals surface area (Å²) in [6.45, 7) is 2.06. The number of hydrogen-bond donors (Lipinski definition) is 0. The quantitative estimate of drug-likeness (QED) is 0.533. The summed E-state index contributed by atoms with van der Waals surface area (Å²) in [5.41, 5.74) is 1.43. The number of halogens is 1. The van der Waals surface area contributed by atoms with Gasteiger partial charge in [-0.25, -0.2) is 4.98 Å². The van der Waals surface area contributed by atoms with E-state index in [4.69, 9.17) is 11.6 Å². The van der Waals surface area contributed by atoms with Crippen molar-refractivity contribution in [3.63, 3.8) is 0 Å². The van der Waals surface area contributed by atoms with E-state index in [1.807, 2.05) is 6.07 Å². The molecule has 0 fully saturated rings. The molecule has 1 aromatic rings. The van der Waals surface area contributed by atoms with E-state index in [0.29, 0.717) is 10.8 Å². The Morgan fingerprint density at radius 2 is 2.33 bits per heavy atom. The lowest BCUT2D eigenvalue weighted by atomic mass is 10.1. The number of carbonyl (C=O) groups is 1. The van der Waals surface area contributed by atoms with Gasteiger partial charge in [-0.3, -0.25) is 4.79 Å². The highest BCUT2D eigenvalue weighted by Crippen LogP contribution is 2.11. The van der Waals surface area contributed by atoms with E-state index in [1.54, 1.807) is 6.07 Å².